The lowest BCUT2D eigenvalue weighted by Gasteiger charge is -2.26. The third-order valence-corrected chi connectivity index (χ3v) is 6.03. The van der Waals surface area contributed by atoms with Crippen LogP contribution in [0.4, 0.5) is 5.82 Å². The molecule has 0 saturated carbocycles. The summed E-state index contributed by atoms with van der Waals surface area (Å²) in [6, 6.07) is 7.48. The SMILES string of the molecule is CC(C)[C@@H](Nc1ncnc2[nH]c(-c3cnn([C@@H](C)C(N)=O)c3)cc12)c1ccc2c(c1)OCCO2. The molecule has 1 amide bonds. The molecule has 34 heavy (non-hydrogen) atoms. The number of H-pyrrole nitrogens is 1. The fourth-order valence-corrected chi connectivity index (χ4v) is 4.07. The highest BCUT2D eigenvalue weighted by molar-refractivity contribution is 5.91. The van der Waals surface area contributed by atoms with Gasteiger partial charge in [-0.05, 0) is 36.6 Å². The highest BCUT2D eigenvalue weighted by atomic mass is 16.6. The maximum absolute atomic E-state index is 11.5. The van der Waals surface area contributed by atoms with Gasteiger partial charge in [-0.2, -0.15) is 5.10 Å². The van der Waals surface area contributed by atoms with Crippen molar-refractivity contribution in [2.45, 2.75) is 32.9 Å². The summed E-state index contributed by atoms with van der Waals surface area (Å²) in [7, 11) is 0. The lowest BCUT2D eigenvalue weighted by atomic mass is 9.95. The van der Waals surface area contributed by atoms with Crippen LogP contribution >= 0.6 is 0 Å². The van der Waals surface area contributed by atoms with Gasteiger partial charge < -0.3 is 25.5 Å². The molecule has 1 aliphatic rings. The van der Waals surface area contributed by atoms with Crippen LogP contribution in [0.1, 0.15) is 38.4 Å². The minimum Gasteiger partial charge on any atom is -0.486 e. The van der Waals surface area contributed by atoms with Crippen LogP contribution in [-0.4, -0.2) is 43.9 Å². The van der Waals surface area contributed by atoms with Crippen LogP contribution in [0, 0.1) is 5.92 Å². The van der Waals surface area contributed by atoms with E-state index in [0.717, 1.165) is 39.5 Å². The molecule has 4 N–H and O–H groups in total. The molecule has 0 unspecified atom stereocenters. The van der Waals surface area contributed by atoms with E-state index >= 15 is 0 Å². The molecule has 5 rings (SSSR count). The van der Waals surface area contributed by atoms with Crippen LogP contribution in [0.2, 0.25) is 0 Å². The van der Waals surface area contributed by atoms with Crippen LogP contribution in [0.25, 0.3) is 22.3 Å². The van der Waals surface area contributed by atoms with Gasteiger partial charge in [0.25, 0.3) is 0 Å². The standard InChI is InChI=1S/C24H27N7O3/c1-13(2)21(15-4-5-19-20(8-15)34-7-6-33-19)30-24-17-9-18(29-23(17)26-12-27-24)16-10-28-31(11-16)14(3)22(25)32/h4-5,8-14,21H,6-7H2,1-3H3,(H2,25,32)(H2,26,27,29,30)/t14-,21+/m0/s1. The van der Waals surface area contributed by atoms with Crippen molar-refractivity contribution in [3.05, 3.63) is 48.5 Å². The van der Waals surface area contributed by atoms with Crippen molar-refractivity contribution >= 4 is 22.8 Å². The Kier molecular flexibility index (Phi) is 5.56. The number of benzene rings is 1. The molecule has 0 radical (unpaired) electrons. The number of anilines is 1. The summed E-state index contributed by atoms with van der Waals surface area (Å²) in [4.78, 5) is 23.7. The van der Waals surface area contributed by atoms with E-state index < -0.39 is 11.9 Å². The zero-order chi connectivity index (χ0) is 23.8. The van der Waals surface area contributed by atoms with Gasteiger partial charge in [-0.25, -0.2) is 9.97 Å². The van der Waals surface area contributed by atoms with Gasteiger partial charge in [-0.1, -0.05) is 19.9 Å². The Balaban J connectivity index is 1.46. The van der Waals surface area contributed by atoms with Crippen LogP contribution in [0.3, 0.4) is 0 Å². The molecule has 10 nitrogen and oxygen atoms in total. The first-order chi connectivity index (χ1) is 16.4. The number of ether oxygens (including phenoxy) is 2. The molecule has 0 fully saturated rings. The van der Waals surface area contributed by atoms with Gasteiger partial charge in [-0.15, -0.1) is 0 Å². The van der Waals surface area contributed by atoms with E-state index in [2.05, 4.69) is 45.3 Å². The minimum atomic E-state index is -0.534. The number of nitrogens with two attached hydrogens (primary N) is 1. The summed E-state index contributed by atoms with van der Waals surface area (Å²) < 4.78 is 13.0. The maximum atomic E-state index is 11.5. The Morgan fingerprint density at radius 3 is 2.71 bits per heavy atom. The topological polar surface area (TPSA) is 133 Å². The summed E-state index contributed by atoms with van der Waals surface area (Å²) in [5.74, 6) is 2.08. The smallest absolute Gasteiger partial charge is 0.241 e. The number of primary amides is 1. The number of carbonyl (C=O) groups excluding carboxylic acids is 1. The van der Waals surface area contributed by atoms with E-state index in [1.54, 1.807) is 24.0 Å². The van der Waals surface area contributed by atoms with Crippen molar-refractivity contribution < 1.29 is 14.3 Å². The van der Waals surface area contributed by atoms with Crippen molar-refractivity contribution in [2.24, 2.45) is 11.7 Å². The van der Waals surface area contributed by atoms with Gasteiger partial charge in [0.05, 0.1) is 23.3 Å². The molecule has 0 saturated heterocycles. The molecule has 176 valence electrons. The Hall–Kier alpha value is -4.08. The average Bonchev–Trinajstić information content (AvgIpc) is 3.49. The highest BCUT2D eigenvalue weighted by Gasteiger charge is 2.22. The van der Waals surface area contributed by atoms with Crippen LogP contribution in [0.15, 0.2) is 43.0 Å². The van der Waals surface area contributed by atoms with E-state index in [-0.39, 0.29) is 12.0 Å². The molecule has 1 aromatic carbocycles. The van der Waals surface area contributed by atoms with E-state index in [4.69, 9.17) is 15.2 Å². The maximum Gasteiger partial charge on any atom is 0.241 e. The quantitative estimate of drug-likeness (QED) is 0.384. The second kappa shape index (κ2) is 8.69. The predicted molar refractivity (Wildman–Crippen MR) is 128 cm³/mol. The van der Waals surface area contributed by atoms with E-state index in [0.29, 0.717) is 18.9 Å². The number of rotatable bonds is 7. The van der Waals surface area contributed by atoms with Crippen LogP contribution < -0.4 is 20.5 Å². The second-order valence-corrected chi connectivity index (χ2v) is 8.72. The van der Waals surface area contributed by atoms with Crippen molar-refractivity contribution in [1.82, 2.24) is 24.7 Å². The predicted octanol–water partition coefficient (Wildman–Crippen LogP) is 3.45. The number of fused-ring (bicyclic) bond motifs is 2. The molecule has 10 heteroatoms. The third-order valence-electron chi connectivity index (χ3n) is 6.03. The van der Waals surface area contributed by atoms with Crippen molar-refractivity contribution in [3.8, 4) is 22.8 Å². The Labute approximate surface area is 196 Å². The third kappa shape index (κ3) is 4.02. The molecule has 4 aromatic rings. The number of nitrogens with one attached hydrogen (secondary N) is 2. The second-order valence-electron chi connectivity index (χ2n) is 8.72. The van der Waals surface area contributed by atoms with Crippen molar-refractivity contribution in [2.75, 3.05) is 18.5 Å². The molecule has 1 aliphatic heterocycles. The van der Waals surface area contributed by atoms with Gasteiger partial charge >= 0.3 is 0 Å². The molecule has 0 bridgehead atoms. The zero-order valence-corrected chi connectivity index (χ0v) is 19.3. The first-order valence-electron chi connectivity index (χ1n) is 11.2. The first kappa shape index (κ1) is 21.7. The summed E-state index contributed by atoms with van der Waals surface area (Å²) in [5, 5.41) is 8.73. The van der Waals surface area contributed by atoms with Crippen molar-refractivity contribution in [1.29, 1.82) is 0 Å². The number of hydrogen-bond donors (Lipinski definition) is 3. The van der Waals surface area contributed by atoms with Gasteiger partial charge in [0.2, 0.25) is 5.91 Å². The normalized spacial score (nSPS) is 14.8. The summed E-state index contributed by atoms with van der Waals surface area (Å²) in [5.41, 5.74) is 8.84. The molecular weight excluding hydrogens is 434 g/mol. The fraction of sp³-hybridized carbons (Fsp3) is 0.333. The highest BCUT2D eigenvalue weighted by Crippen LogP contribution is 2.36. The van der Waals surface area contributed by atoms with E-state index in [9.17, 15) is 4.79 Å². The van der Waals surface area contributed by atoms with Crippen LogP contribution in [0.5, 0.6) is 11.5 Å². The average molecular weight is 462 g/mol. The monoisotopic (exact) mass is 461 g/mol. The zero-order valence-electron chi connectivity index (χ0n) is 19.3. The number of aromatic amines is 1. The van der Waals surface area contributed by atoms with E-state index in [1.165, 1.54) is 6.33 Å². The molecule has 4 heterocycles. The van der Waals surface area contributed by atoms with Crippen molar-refractivity contribution in [3.63, 3.8) is 0 Å². The first-order valence-corrected chi connectivity index (χ1v) is 11.2. The minimum absolute atomic E-state index is 0.00792. The molecular formula is C24H27N7O3. The van der Waals surface area contributed by atoms with Gasteiger partial charge in [-0.3, -0.25) is 9.48 Å². The van der Waals surface area contributed by atoms with Gasteiger partial charge in [0.1, 0.15) is 37.0 Å². The number of nitrogens with zero attached hydrogens (tertiary/aromatic N) is 4. The molecule has 0 spiro atoms. The fourth-order valence-electron chi connectivity index (χ4n) is 4.07. The van der Waals surface area contributed by atoms with Gasteiger partial charge in [0, 0.05) is 11.8 Å². The Bertz CT molecular complexity index is 1340. The lowest BCUT2D eigenvalue weighted by Crippen LogP contribution is -2.24. The number of carbonyl (C=O) groups is 1. The number of amides is 1. The summed E-state index contributed by atoms with van der Waals surface area (Å²) in [6.07, 6.45) is 5.01. The molecule has 2 atom stereocenters. The largest absolute Gasteiger partial charge is 0.486 e. The Morgan fingerprint density at radius 1 is 1.15 bits per heavy atom. The summed E-state index contributed by atoms with van der Waals surface area (Å²) in [6.45, 7) is 7.13. The lowest BCUT2D eigenvalue weighted by molar-refractivity contribution is -0.120. The Morgan fingerprint density at radius 2 is 1.94 bits per heavy atom. The summed E-state index contributed by atoms with van der Waals surface area (Å²) >= 11 is 0. The van der Waals surface area contributed by atoms with Gasteiger partial charge in [0.15, 0.2) is 11.5 Å². The molecule has 0 aliphatic carbocycles. The molecule has 3 aromatic heterocycles. The number of hydrogen-bond acceptors (Lipinski definition) is 7. The van der Waals surface area contributed by atoms with E-state index in [1.807, 2.05) is 18.2 Å². The number of aromatic nitrogens is 5. The van der Waals surface area contributed by atoms with Crippen LogP contribution in [-0.2, 0) is 4.79 Å².